The highest BCUT2D eigenvalue weighted by molar-refractivity contribution is 5.70. The van der Waals surface area contributed by atoms with Crippen LogP contribution < -0.4 is 0 Å². The highest BCUT2D eigenvalue weighted by Crippen LogP contribution is 1.97. The molecule has 1 heterocycles. The monoisotopic (exact) mass is 197 g/mol. The first-order valence-corrected chi connectivity index (χ1v) is 4.55. The minimum absolute atomic E-state index is 0.0236. The van der Waals surface area contributed by atoms with Crippen LogP contribution in [0.4, 0.5) is 0 Å². The van der Waals surface area contributed by atoms with E-state index >= 15 is 0 Å². The molecule has 78 valence electrons. The molecule has 0 aliphatic carbocycles. The van der Waals surface area contributed by atoms with Crippen LogP contribution in [0.5, 0.6) is 0 Å². The summed E-state index contributed by atoms with van der Waals surface area (Å²) in [5.74, 6) is -0.316. The summed E-state index contributed by atoms with van der Waals surface area (Å²) in [4.78, 5) is 13.0. The fourth-order valence-corrected chi connectivity index (χ4v) is 1.11. The molecule has 0 atom stereocenters. The molecule has 0 aromatic carbocycles. The van der Waals surface area contributed by atoms with E-state index in [-0.39, 0.29) is 12.6 Å². The molecule has 1 rings (SSSR count). The Balaban J connectivity index is 2.06. The van der Waals surface area contributed by atoms with Gasteiger partial charge in [0.2, 0.25) is 0 Å². The first kappa shape index (κ1) is 10.8. The van der Waals surface area contributed by atoms with Crippen LogP contribution in [0.1, 0.15) is 0 Å². The van der Waals surface area contributed by atoms with Gasteiger partial charge in [0.25, 0.3) is 0 Å². The van der Waals surface area contributed by atoms with Crippen LogP contribution in [0.2, 0.25) is 0 Å². The van der Waals surface area contributed by atoms with Gasteiger partial charge in [-0.05, 0) is 12.3 Å². The Morgan fingerprint density at radius 2 is 2.36 bits per heavy atom. The second-order valence-corrected chi connectivity index (χ2v) is 2.92. The minimum atomic E-state index is -0.316. The summed E-state index contributed by atoms with van der Waals surface area (Å²) in [7, 11) is 1.47. The standard InChI is InChI=1S/C10H15NO3/c1-13-9-10(12)14-8-7-11-5-3-2-4-6-11/h2-5H,6-9H2,1H3. The molecule has 0 aromatic heterocycles. The molecule has 0 N–H and O–H groups in total. The number of esters is 1. The summed E-state index contributed by atoms with van der Waals surface area (Å²) in [5.41, 5.74) is 0. The highest BCUT2D eigenvalue weighted by Gasteiger charge is 2.03. The van der Waals surface area contributed by atoms with Crippen molar-refractivity contribution in [2.75, 3.05) is 33.4 Å². The molecule has 4 nitrogen and oxygen atoms in total. The van der Waals surface area contributed by atoms with E-state index in [1.54, 1.807) is 0 Å². The molecular formula is C10H15NO3. The summed E-state index contributed by atoms with van der Waals surface area (Å²) < 4.78 is 9.55. The molecule has 1 aliphatic heterocycles. The van der Waals surface area contributed by atoms with E-state index in [4.69, 9.17) is 4.74 Å². The molecule has 0 amide bonds. The predicted molar refractivity (Wildman–Crippen MR) is 52.7 cm³/mol. The van der Waals surface area contributed by atoms with Crippen LogP contribution in [0.3, 0.4) is 0 Å². The average molecular weight is 197 g/mol. The van der Waals surface area contributed by atoms with Crippen molar-refractivity contribution in [3.63, 3.8) is 0 Å². The van der Waals surface area contributed by atoms with E-state index in [1.807, 2.05) is 18.4 Å². The van der Waals surface area contributed by atoms with Crippen LogP contribution in [0.15, 0.2) is 24.4 Å². The van der Waals surface area contributed by atoms with Crippen molar-refractivity contribution in [2.45, 2.75) is 0 Å². The van der Waals surface area contributed by atoms with E-state index in [0.29, 0.717) is 6.61 Å². The molecule has 0 bridgehead atoms. The van der Waals surface area contributed by atoms with Crippen molar-refractivity contribution in [1.29, 1.82) is 0 Å². The van der Waals surface area contributed by atoms with Gasteiger partial charge in [-0.25, -0.2) is 4.79 Å². The third-order valence-corrected chi connectivity index (χ3v) is 1.79. The van der Waals surface area contributed by atoms with Gasteiger partial charge in [-0.1, -0.05) is 12.2 Å². The number of nitrogens with zero attached hydrogens (tertiary/aromatic N) is 1. The molecule has 0 saturated carbocycles. The van der Waals surface area contributed by atoms with E-state index in [9.17, 15) is 4.79 Å². The molecule has 14 heavy (non-hydrogen) atoms. The summed E-state index contributed by atoms with van der Waals surface area (Å²) in [6.45, 7) is 2.02. The lowest BCUT2D eigenvalue weighted by molar-refractivity contribution is -0.148. The fraction of sp³-hybridized carbons (Fsp3) is 0.500. The first-order valence-electron chi connectivity index (χ1n) is 4.55. The van der Waals surface area contributed by atoms with Gasteiger partial charge < -0.3 is 14.4 Å². The SMILES string of the molecule is COCC(=O)OCCN1C=CC=CC1. The zero-order chi connectivity index (χ0) is 10.2. The minimum Gasteiger partial charge on any atom is -0.462 e. The number of methoxy groups -OCH3 is 1. The second-order valence-electron chi connectivity index (χ2n) is 2.92. The lowest BCUT2D eigenvalue weighted by atomic mass is 10.3. The Morgan fingerprint density at radius 1 is 1.50 bits per heavy atom. The molecule has 0 spiro atoms. The van der Waals surface area contributed by atoms with E-state index in [2.05, 4.69) is 15.7 Å². The quantitative estimate of drug-likeness (QED) is 0.604. The lowest BCUT2D eigenvalue weighted by Crippen LogP contribution is -2.25. The third-order valence-electron chi connectivity index (χ3n) is 1.79. The maximum atomic E-state index is 10.9. The van der Waals surface area contributed by atoms with Crippen molar-refractivity contribution < 1.29 is 14.3 Å². The van der Waals surface area contributed by atoms with Crippen LogP contribution in [0.25, 0.3) is 0 Å². The Morgan fingerprint density at radius 3 is 3.00 bits per heavy atom. The summed E-state index contributed by atoms with van der Waals surface area (Å²) in [6, 6.07) is 0. The maximum Gasteiger partial charge on any atom is 0.332 e. The molecule has 0 unspecified atom stereocenters. The molecule has 1 aliphatic rings. The number of rotatable bonds is 5. The normalized spacial score (nSPS) is 14.5. The van der Waals surface area contributed by atoms with Crippen LogP contribution in [0, 0.1) is 0 Å². The zero-order valence-corrected chi connectivity index (χ0v) is 8.31. The molecule has 0 saturated heterocycles. The first-order chi connectivity index (χ1) is 6.83. The van der Waals surface area contributed by atoms with Crippen molar-refractivity contribution in [3.05, 3.63) is 24.4 Å². The molecule has 0 radical (unpaired) electrons. The molecule has 4 heteroatoms. The van der Waals surface area contributed by atoms with E-state index in [1.165, 1.54) is 7.11 Å². The number of hydrogen-bond acceptors (Lipinski definition) is 4. The smallest absolute Gasteiger partial charge is 0.332 e. The van der Waals surface area contributed by atoms with Crippen LogP contribution in [-0.4, -0.2) is 44.3 Å². The van der Waals surface area contributed by atoms with Crippen LogP contribution >= 0.6 is 0 Å². The average Bonchev–Trinajstić information content (AvgIpc) is 2.20. The molecular weight excluding hydrogens is 182 g/mol. The summed E-state index contributed by atoms with van der Waals surface area (Å²) in [6.07, 6.45) is 7.98. The van der Waals surface area contributed by atoms with Crippen molar-refractivity contribution in [2.24, 2.45) is 0 Å². The van der Waals surface area contributed by atoms with Crippen molar-refractivity contribution in [3.8, 4) is 0 Å². The third kappa shape index (κ3) is 4.09. The van der Waals surface area contributed by atoms with E-state index < -0.39 is 0 Å². The van der Waals surface area contributed by atoms with Crippen molar-refractivity contribution in [1.82, 2.24) is 4.90 Å². The topological polar surface area (TPSA) is 38.8 Å². The maximum absolute atomic E-state index is 10.9. The van der Waals surface area contributed by atoms with Gasteiger partial charge in [0.05, 0.1) is 6.54 Å². The lowest BCUT2D eigenvalue weighted by Gasteiger charge is -2.19. The molecule has 0 fully saturated rings. The van der Waals surface area contributed by atoms with Gasteiger partial charge in [0, 0.05) is 13.7 Å². The second kappa shape index (κ2) is 6.21. The largest absolute Gasteiger partial charge is 0.462 e. The number of ether oxygens (including phenoxy) is 2. The molecule has 0 aromatic rings. The Bertz CT molecular complexity index is 236. The van der Waals surface area contributed by atoms with Crippen molar-refractivity contribution >= 4 is 5.97 Å². The van der Waals surface area contributed by atoms with Gasteiger partial charge in [-0.3, -0.25) is 0 Å². The van der Waals surface area contributed by atoms with Gasteiger partial charge in [0.1, 0.15) is 13.2 Å². The zero-order valence-electron chi connectivity index (χ0n) is 8.31. The number of hydrogen-bond donors (Lipinski definition) is 0. The summed E-state index contributed by atoms with van der Waals surface area (Å²) in [5, 5.41) is 0. The number of carbonyl (C=O) groups is 1. The highest BCUT2D eigenvalue weighted by atomic mass is 16.6. The van der Waals surface area contributed by atoms with Gasteiger partial charge in [-0.15, -0.1) is 0 Å². The number of carbonyl (C=O) groups excluding carboxylic acids is 1. The Kier molecular flexibility index (Phi) is 4.78. The van der Waals surface area contributed by atoms with Gasteiger partial charge in [-0.2, -0.15) is 0 Å². The Hall–Kier alpha value is -1.29. The van der Waals surface area contributed by atoms with Gasteiger partial charge in [0.15, 0.2) is 0 Å². The number of allylic oxidation sites excluding steroid dienone is 2. The Labute approximate surface area is 83.8 Å². The van der Waals surface area contributed by atoms with Gasteiger partial charge >= 0.3 is 5.97 Å². The van der Waals surface area contributed by atoms with Crippen LogP contribution in [-0.2, 0) is 14.3 Å². The fourth-order valence-electron chi connectivity index (χ4n) is 1.11. The predicted octanol–water partition coefficient (Wildman–Crippen LogP) is 0.562. The van der Waals surface area contributed by atoms with E-state index in [0.717, 1.165) is 13.1 Å². The summed E-state index contributed by atoms with van der Waals surface area (Å²) >= 11 is 0.